The summed E-state index contributed by atoms with van der Waals surface area (Å²) in [5, 5.41) is 0.563. The van der Waals surface area contributed by atoms with Crippen LogP contribution in [-0.2, 0) is 13.0 Å². The Labute approximate surface area is 123 Å². The number of nitrogens with zero attached hydrogens (tertiary/aromatic N) is 2. The Kier molecular flexibility index (Phi) is 2.57. The van der Waals surface area contributed by atoms with Crippen molar-refractivity contribution in [3.63, 3.8) is 0 Å². The number of rotatable bonds is 1. The van der Waals surface area contributed by atoms with Gasteiger partial charge in [0.2, 0.25) is 5.71 Å². The molecule has 1 aromatic carbocycles. The first-order chi connectivity index (χ1) is 9.72. The Hall–Kier alpha value is -1.88. The summed E-state index contributed by atoms with van der Waals surface area (Å²) in [6, 6.07) is 9.59. The highest BCUT2D eigenvalue weighted by atomic mass is 79.9. The highest BCUT2D eigenvalue weighted by Crippen LogP contribution is 2.27. The predicted molar refractivity (Wildman–Crippen MR) is 79.7 cm³/mol. The van der Waals surface area contributed by atoms with Crippen molar-refractivity contribution in [3.8, 4) is 11.3 Å². The van der Waals surface area contributed by atoms with Crippen molar-refractivity contribution >= 4 is 27.0 Å². The van der Waals surface area contributed by atoms with Crippen LogP contribution in [0.4, 0.5) is 0 Å². The van der Waals surface area contributed by atoms with Gasteiger partial charge in [0.15, 0.2) is 0 Å². The van der Waals surface area contributed by atoms with Crippen LogP contribution in [-0.4, -0.2) is 9.55 Å². The van der Waals surface area contributed by atoms with Crippen LogP contribution in [0.25, 0.3) is 22.4 Å². The fourth-order valence-corrected chi connectivity index (χ4v) is 2.90. The number of halogens is 1. The van der Waals surface area contributed by atoms with Crippen molar-refractivity contribution in [2.45, 2.75) is 19.4 Å². The van der Waals surface area contributed by atoms with Gasteiger partial charge in [0.05, 0.1) is 0 Å². The zero-order chi connectivity index (χ0) is 13.7. The Bertz CT molecular complexity index is 862. The molecule has 3 aromatic rings. The SMILES string of the molecule is O=c1c2cc(-c3ccc(Br)cc3)oc2nc2n1CCC2. The van der Waals surface area contributed by atoms with Gasteiger partial charge in [0.1, 0.15) is 17.0 Å². The first kappa shape index (κ1) is 11.9. The standard InChI is InChI=1S/C15H11BrN2O2/c16-10-5-3-9(4-6-10)12-8-11-14(20-12)17-13-2-1-7-18(13)15(11)19/h3-6,8H,1-2,7H2. The summed E-state index contributed by atoms with van der Waals surface area (Å²) in [7, 11) is 0. The van der Waals surface area contributed by atoms with Crippen LogP contribution < -0.4 is 5.56 Å². The zero-order valence-corrected chi connectivity index (χ0v) is 12.2. The third-order valence-corrected chi connectivity index (χ3v) is 4.17. The second-order valence-corrected chi connectivity index (χ2v) is 5.84. The number of aryl methyl sites for hydroxylation is 1. The van der Waals surface area contributed by atoms with Crippen molar-refractivity contribution in [1.82, 2.24) is 9.55 Å². The molecular weight excluding hydrogens is 320 g/mol. The average molecular weight is 331 g/mol. The second-order valence-electron chi connectivity index (χ2n) is 4.92. The molecular formula is C15H11BrN2O2. The van der Waals surface area contributed by atoms with Gasteiger partial charge in [0, 0.05) is 23.0 Å². The smallest absolute Gasteiger partial charge is 0.264 e. The number of benzene rings is 1. The minimum Gasteiger partial charge on any atom is -0.437 e. The van der Waals surface area contributed by atoms with E-state index in [1.807, 2.05) is 24.3 Å². The molecule has 0 unspecified atom stereocenters. The summed E-state index contributed by atoms with van der Waals surface area (Å²) in [6.45, 7) is 0.760. The summed E-state index contributed by atoms with van der Waals surface area (Å²) in [6.07, 6.45) is 1.83. The molecule has 100 valence electrons. The minimum atomic E-state index is 0.00890. The molecule has 0 spiro atoms. The van der Waals surface area contributed by atoms with Crippen molar-refractivity contribution in [3.05, 3.63) is 51.0 Å². The molecule has 2 aromatic heterocycles. The normalized spacial score (nSPS) is 13.8. The fraction of sp³-hybridized carbons (Fsp3) is 0.200. The zero-order valence-electron chi connectivity index (χ0n) is 10.6. The van der Waals surface area contributed by atoms with Gasteiger partial charge >= 0.3 is 0 Å². The molecule has 0 saturated carbocycles. The van der Waals surface area contributed by atoms with Crippen LogP contribution in [0.3, 0.4) is 0 Å². The van der Waals surface area contributed by atoms with Crippen molar-refractivity contribution in [2.24, 2.45) is 0 Å². The monoisotopic (exact) mass is 330 g/mol. The molecule has 0 N–H and O–H groups in total. The summed E-state index contributed by atoms with van der Waals surface area (Å²) < 4.78 is 8.52. The lowest BCUT2D eigenvalue weighted by Gasteiger charge is -1.99. The largest absolute Gasteiger partial charge is 0.437 e. The van der Waals surface area contributed by atoms with Gasteiger partial charge in [0.25, 0.3) is 5.56 Å². The minimum absolute atomic E-state index is 0.00890. The fourth-order valence-electron chi connectivity index (χ4n) is 2.63. The Morgan fingerprint density at radius 2 is 2.05 bits per heavy atom. The van der Waals surface area contributed by atoms with Gasteiger partial charge in [-0.2, -0.15) is 4.98 Å². The Morgan fingerprint density at radius 3 is 2.85 bits per heavy atom. The molecule has 4 rings (SSSR count). The molecule has 1 aliphatic heterocycles. The first-order valence-corrected chi connectivity index (χ1v) is 7.31. The lowest BCUT2D eigenvalue weighted by molar-refractivity contribution is 0.610. The topological polar surface area (TPSA) is 48.0 Å². The van der Waals surface area contributed by atoms with Crippen LogP contribution in [0, 0.1) is 0 Å². The molecule has 3 heterocycles. The molecule has 20 heavy (non-hydrogen) atoms. The van der Waals surface area contributed by atoms with E-state index >= 15 is 0 Å². The summed E-state index contributed by atoms with van der Waals surface area (Å²) in [4.78, 5) is 16.8. The quantitative estimate of drug-likeness (QED) is 0.687. The van der Waals surface area contributed by atoms with Crippen LogP contribution >= 0.6 is 15.9 Å². The average Bonchev–Trinajstić information content (AvgIpc) is 3.06. The van der Waals surface area contributed by atoms with E-state index in [-0.39, 0.29) is 5.56 Å². The molecule has 4 nitrogen and oxygen atoms in total. The van der Waals surface area contributed by atoms with Gasteiger partial charge < -0.3 is 4.42 Å². The van der Waals surface area contributed by atoms with Crippen molar-refractivity contribution in [2.75, 3.05) is 0 Å². The van der Waals surface area contributed by atoms with Gasteiger partial charge in [-0.15, -0.1) is 0 Å². The molecule has 0 amide bonds. The molecule has 0 fully saturated rings. The highest BCUT2D eigenvalue weighted by Gasteiger charge is 2.19. The lowest BCUT2D eigenvalue weighted by atomic mass is 10.2. The van der Waals surface area contributed by atoms with E-state index in [0.29, 0.717) is 16.9 Å². The Morgan fingerprint density at radius 1 is 1.25 bits per heavy atom. The maximum Gasteiger partial charge on any atom is 0.264 e. The van der Waals surface area contributed by atoms with Gasteiger partial charge in [-0.05, 0) is 24.6 Å². The first-order valence-electron chi connectivity index (χ1n) is 6.51. The molecule has 0 aliphatic carbocycles. The van der Waals surface area contributed by atoms with E-state index in [9.17, 15) is 4.79 Å². The lowest BCUT2D eigenvalue weighted by Crippen LogP contribution is -2.19. The number of hydrogen-bond acceptors (Lipinski definition) is 3. The maximum atomic E-state index is 12.4. The maximum absolute atomic E-state index is 12.4. The number of furan rings is 1. The van der Waals surface area contributed by atoms with Crippen LogP contribution in [0.15, 0.2) is 44.0 Å². The van der Waals surface area contributed by atoms with Gasteiger partial charge in [-0.3, -0.25) is 9.36 Å². The number of hydrogen-bond donors (Lipinski definition) is 0. The van der Waals surface area contributed by atoms with E-state index in [2.05, 4.69) is 20.9 Å². The van der Waals surface area contributed by atoms with Gasteiger partial charge in [-0.25, -0.2) is 0 Å². The summed E-state index contributed by atoms with van der Waals surface area (Å²) >= 11 is 3.40. The molecule has 5 heteroatoms. The van der Waals surface area contributed by atoms with Gasteiger partial charge in [-0.1, -0.05) is 28.1 Å². The van der Waals surface area contributed by atoms with Crippen LogP contribution in [0.5, 0.6) is 0 Å². The van der Waals surface area contributed by atoms with Crippen LogP contribution in [0.1, 0.15) is 12.2 Å². The van der Waals surface area contributed by atoms with E-state index in [0.717, 1.165) is 35.2 Å². The molecule has 1 aliphatic rings. The van der Waals surface area contributed by atoms with Crippen molar-refractivity contribution in [1.29, 1.82) is 0 Å². The summed E-state index contributed by atoms with van der Waals surface area (Å²) in [5.41, 5.74) is 1.39. The number of fused-ring (bicyclic) bond motifs is 2. The van der Waals surface area contributed by atoms with Crippen molar-refractivity contribution < 1.29 is 4.42 Å². The highest BCUT2D eigenvalue weighted by molar-refractivity contribution is 9.10. The molecule has 0 saturated heterocycles. The molecule has 0 atom stereocenters. The second kappa shape index (κ2) is 4.31. The van der Waals surface area contributed by atoms with E-state index in [1.54, 1.807) is 10.6 Å². The van der Waals surface area contributed by atoms with E-state index < -0.39 is 0 Å². The van der Waals surface area contributed by atoms with E-state index in [4.69, 9.17) is 4.42 Å². The van der Waals surface area contributed by atoms with Crippen LogP contribution in [0.2, 0.25) is 0 Å². The molecule has 0 bridgehead atoms. The third-order valence-electron chi connectivity index (χ3n) is 3.64. The Balaban J connectivity index is 1.94. The van der Waals surface area contributed by atoms with E-state index in [1.165, 1.54) is 0 Å². The predicted octanol–water partition coefficient (Wildman–Crippen LogP) is 3.37. The summed E-state index contributed by atoms with van der Waals surface area (Å²) in [5.74, 6) is 1.51. The molecule has 0 radical (unpaired) electrons. The third kappa shape index (κ3) is 1.73. The number of aromatic nitrogens is 2.